The molecule has 3 aromatic rings. The third-order valence-electron chi connectivity index (χ3n) is 4.48. The van der Waals surface area contributed by atoms with Crippen LogP contribution < -0.4 is 9.47 Å². The normalized spacial score (nSPS) is 14.1. The molecule has 0 N–H and O–H groups in total. The summed E-state index contributed by atoms with van der Waals surface area (Å²) in [5.74, 6) is 1.14. The van der Waals surface area contributed by atoms with E-state index >= 15 is 0 Å². The molecule has 6 heteroatoms. The summed E-state index contributed by atoms with van der Waals surface area (Å²) in [4.78, 5) is 12.8. The number of rotatable bonds is 4. The Hall–Kier alpha value is -2.46. The molecule has 3 aromatic carbocycles. The molecule has 0 spiro atoms. The zero-order chi connectivity index (χ0) is 20.5. The van der Waals surface area contributed by atoms with Gasteiger partial charge in [0.15, 0.2) is 5.76 Å². The van der Waals surface area contributed by atoms with Crippen LogP contribution in [0.15, 0.2) is 60.4 Å². The fourth-order valence-corrected chi connectivity index (χ4v) is 3.63. The van der Waals surface area contributed by atoms with Gasteiger partial charge in [-0.2, -0.15) is 0 Å². The first-order valence-electron chi connectivity index (χ1n) is 8.82. The average molecular weight is 446 g/mol. The first kappa shape index (κ1) is 19.8. The van der Waals surface area contributed by atoms with Crippen LogP contribution in [0, 0.1) is 6.92 Å². The summed E-state index contributed by atoms with van der Waals surface area (Å²) < 4.78 is 11.7. The van der Waals surface area contributed by atoms with Crippen LogP contribution in [0.5, 0.6) is 11.5 Å². The van der Waals surface area contributed by atoms with Crippen LogP contribution in [-0.2, 0) is 6.61 Å². The highest BCUT2D eigenvalue weighted by Crippen LogP contribution is 2.38. The number of ether oxygens (including phenoxy) is 2. The van der Waals surface area contributed by atoms with Gasteiger partial charge in [-0.1, -0.05) is 53.0 Å². The average Bonchev–Trinajstić information content (AvgIpc) is 2.99. The molecule has 0 amide bonds. The lowest BCUT2D eigenvalue weighted by Crippen LogP contribution is -2.00. The highest BCUT2D eigenvalue weighted by molar-refractivity contribution is 6.42. The SMILES string of the molecule is Cc1cc(OCc2cccc(Cl)c2)cc2c1C(=O)/C(=C/c1ccc(Cl)c(Cl)c1)O2. The van der Waals surface area contributed by atoms with Crippen LogP contribution in [-0.4, -0.2) is 5.78 Å². The van der Waals surface area contributed by atoms with E-state index in [2.05, 4.69) is 0 Å². The van der Waals surface area contributed by atoms with Gasteiger partial charge >= 0.3 is 0 Å². The second kappa shape index (κ2) is 8.11. The van der Waals surface area contributed by atoms with E-state index in [1.807, 2.05) is 37.3 Å². The van der Waals surface area contributed by atoms with Gasteiger partial charge in [-0.05, 0) is 60.0 Å². The van der Waals surface area contributed by atoms with Gasteiger partial charge in [0.05, 0.1) is 15.6 Å². The minimum Gasteiger partial charge on any atom is -0.489 e. The van der Waals surface area contributed by atoms with Crippen molar-refractivity contribution >= 4 is 46.7 Å². The van der Waals surface area contributed by atoms with Crippen molar-refractivity contribution in [1.29, 1.82) is 0 Å². The lowest BCUT2D eigenvalue weighted by Gasteiger charge is -2.09. The van der Waals surface area contributed by atoms with Crippen molar-refractivity contribution in [2.75, 3.05) is 0 Å². The van der Waals surface area contributed by atoms with Gasteiger partial charge < -0.3 is 9.47 Å². The fraction of sp³-hybridized carbons (Fsp3) is 0.0870. The predicted molar refractivity (Wildman–Crippen MR) is 116 cm³/mol. The maximum atomic E-state index is 12.8. The molecule has 0 radical (unpaired) electrons. The van der Waals surface area contributed by atoms with Crippen molar-refractivity contribution in [3.05, 3.63) is 97.7 Å². The second-order valence-corrected chi connectivity index (χ2v) is 7.90. The molecule has 0 atom stereocenters. The minimum atomic E-state index is -0.176. The van der Waals surface area contributed by atoms with Gasteiger partial charge in [0, 0.05) is 11.1 Å². The predicted octanol–water partition coefficient (Wildman–Crippen LogP) is 7.15. The first-order chi connectivity index (χ1) is 13.9. The van der Waals surface area contributed by atoms with Gasteiger partial charge in [0.25, 0.3) is 0 Å². The van der Waals surface area contributed by atoms with Crippen molar-refractivity contribution in [3.8, 4) is 11.5 Å². The van der Waals surface area contributed by atoms with Gasteiger partial charge in [0.2, 0.25) is 5.78 Å². The van der Waals surface area contributed by atoms with Crippen LogP contribution in [0.3, 0.4) is 0 Å². The van der Waals surface area contributed by atoms with Crippen molar-refractivity contribution in [2.24, 2.45) is 0 Å². The standard InChI is InChI=1S/C23H15Cl3O3/c1-13-7-17(28-12-15-3-2-4-16(24)8-15)11-20-22(13)23(27)21(29-20)10-14-5-6-18(25)19(26)9-14/h2-11H,12H2,1H3/b21-10-. The smallest absolute Gasteiger partial charge is 0.232 e. The number of ketones is 1. The van der Waals surface area contributed by atoms with E-state index in [4.69, 9.17) is 44.3 Å². The van der Waals surface area contributed by atoms with Gasteiger partial charge in [-0.3, -0.25) is 4.79 Å². The molecule has 29 heavy (non-hydrogen) atoms. The molecule has 0 bridgehead atoms. The summed E-state index contributed by atoms with van der Waals surface area (Å²) in [6.45, 7) is 2.22. The zero-order valence-corrected chi connectivity index (χ0v) is 17.6. The molecule has 3 nitrogen and oxygen atoms in total. The van der Waals surface area contributed by atoms with Gasteiger partial charge in [-0.25, -0.2) is 0 Å². The third-order valence-corrected chi connectivity index (χ3v) is 5.45. The molecule has 4 rings (SSSR count). The molecular formula is C23H15Cl3O3. The van der Waals surface area contributed by atoms with Crippen LogP contribution in [0.1, 0.15) is 27.0 Å². The van der Waals surface area contributed by atoms with E-state index in [0.29, 0.717) is 38.7 Å². The summed E-state index contributed by atoms with van der Waals surface area (Å²) in [7, 11) is 0. The van der Waals surface area contributed by atoms with Gasteiger partial charge in [0.1, 0.15) is 18.1 Å². The molecule has 1 aliphatic heterocycles. The van der Waals surface area contributed by atoms with E-state index in [9.17, 15) is 4.79 Å². The number of hydrogen-bond acceptors (Lipinski definition) is 3. The van der Waals surface area contributed by atoms with E-state index in [1.165, 1.54) is 0 Å². The molecule has 1 heterocycles. The Morgan fingerprint density at radius 3 is 2.59 bits per heavy atom. The highest BCUT2D eigenvalue weighted by atomic mass is 35.5. The number of fused-ring (bicyclic) bond motifs is 1. The molecule has 0 aromatic heterocycles. The van der Waals surface area contributed by atoms with Crippen LogP contribution >= 0.6 is 34.8 Å². The minimum absolute atomic E-state index is 0.176. The first-order valence-corrected chi connectivity index (χ1v) is 9.95. The number of aryl methyl sites for hydroxylation is 1. The Balaban J connectivity index is 1.57. The number of Topliss-reactive ketones (excluding diaryl/α,β-unsaturated/α-hetero) is 1. The fourth-order valence-electron chi connectivity index (χ4n) is 3.11. The number of carbonyl (C=O) groups is 1. The Morgan fingerprint density at radius 1 is 1.00 bits per heavy atom. The van der Waals surface area contributed by atoms with Crippen molar-refractivity contribution in [1.82, 2.24) is 0 Å². The largest absolute Gasteiger partial charge is 0.489 e. The monoisotopic (exact) mass is 444 g/mol. The highest BCUT2D eigenvalue weighted by Gasteiger charge is 2.30. The molecule has 0 unspecified atom stereocenters. The second-order valence-electron chi connectivity index (χ2n) is 6.65. The van der Waals surface area contributed by atoms with Crippen molar-refractivity contribution in [2.45, 2.75) is 13.5 Å². The summed E-state index contributed by atoms with van der Waals surface area (Å²) in [6, 6.07) is 16.1. The summed E-state index contributed by atoms with van der Waals surface area (Å²) in [5.41, 5.74) is 3.00. The Bertz CT molecular complexity index is 1150. The molecular weight excluding hydrogens is 431 g/mol. The quantitative estimate of drug-likeness (QED) is 0.400. The molecule has 0 aliphatic carbocycles. The molecule has 1 aliphatic rings. The third kappa shape index (κ3) is 4.27. The topological polar surface area (TPSA) is 35.5 Å². The summed E-state index contributed by atoms with van der Waals surface area (Å²) in [5, 5.41) is 1.52. The number of carbonyl (C=O) groups excluding carboxylic acids is 1. The van der Waals surface area contributed by atoms with Crippen LogP contribution in [0.4, 0.5) is 0 Å². The molecule has 0 saturated carbocycles. The van der Waals surface area contributed by atoms with Crippen LogP contribution in [0.25, 0.3) is 6.08 Å². The van der Waals surface area contributed by atoms with E-state index < -0.39 is 0 Å². The number of hydrogen-bond donors (Lipinski definition) is 0. The van der Waals surface area contributed by atoms with E-state index in [-0.39, 0.29) is 11.5 Å². The van der Waals surface area contributed by atoms with Crippen LogP contribution in [0.2, 0.25) is 15.1 Å². The maximum Gasteiger partial charge on any atom is 0.232 e. The number of benzene rings is 3. The van der Waals surface area contributed by atoms with Gasteiger partial charge in [-0.15, -0.1) is 0 Å². The maximum absolute atomic E-state index is 12.8. The Labute approximate surface area is 183 Å². The molecule has 0 fully saturated rings. The zero-order valence-electron chi connectivity index (χ0n) is 15.3. The summed E-state index contributed by atoms with van der Waals surface area (Å²) in [6.07, 6.45) is 1.65. The number of allylic oxidation sites excluding steroid dienone is 1. The van der Waals surface area contributed by atoms with E-state index in [1.54, 1.807) is 30.3 Å². The van der Waals surface area contributed by atoms with Crippen molar-refractivity contribution in [3.63, 3.8) is 0 Å². The summed E-state index contributed by atoms with van der Waals surface area (Å²) >= 11 is 18.0. The lowest BCUT2D eigenvalue weighted by molar-refractivity contribution is 0.101. The van der Waals surface area contributed by atoms with E-state index in [0.717, 1.165) is 16.7 Å². The lowest BCUT2D eigenvalue weighted by atomic mass is 10.0. The Morgan fingerprint density at radius 2 is 1.83 bits per heavy atom. The Kier molecular flexibility index (Phi) is 5.55. The van der Waals surface area contributed by atoms with Crippen molar-refractivity contribution < 1.29 is 14.3 Å². The molecule has 146 valence electrons. The number of halogens is 3. The molecule has 0 saturated heterocycles.